The van der Waals surface area contributed by atoms with E-state index in [1.165, 1.54) is 21.6 Å². The van der Waals surface area contributed by atoms with Gasteiger partial charge in [0, 0.05) is 15.2 Å². The number of rotatable bonds is 3. The zero-order valence-electron chi connectivity index (χ0n) is 19.7. The van der Waals surface area contributed by atoms with E-state index in [0.29, 0.717) is 5.56 Å². The van der Waals surface area contributed by atoms with E-state index in [0.717, 1.165) is 16.7 Å². The molecule has 3 aromatic rings. The van der Waals surface area contributed by atoms with Crippen molar-refractivity contribution in [2.75, 3.05) is 0 Å². The summed E-state index contributed by atoms with van der Waals surface area (Å²) in [5.74, 6) is 1.59. The topological polar surface area (TPSA) is 37.3 Å². The second kappa shape index (κ2) is 8.28. The van der Waals surface area contributed by atoms with Crippen molar-refractivity contribution in [2.45, 2.75) is 49.7 Å². The molecule has 0 atom stereocenters. The number of aromatic carboxylic acids is 1. The summed E-state index contributed by atoms with van der Waals surface area (Å²) in [5, 5.41) is 9.58. The van der Waals surface area contributed by atoms with Crippen LogP contribution in [-0.4, -0.2) is 15.8 Å². The van der Waals surface area contributed by atoms with Gasteiger partial charge in [-0.15, -0.1) is 18.2 Å². The Bertz CT molecular complexity index is 1310. The minimum atomic E-state index is -1.01. The van der Waals surface area contributed by atoms with Gasteiger partial charge < -0.3 is 5.11 Å². The van der Waals surface area contributed by atoms with E-state index in [-0.39, 0.29) is 15.7 Å². The molecule has 1 N–H and O–H groups in total. The molecule has 1 aliphatic heterocycles. The lowest BCUT2D eigenvalue weighted by Gasteiger charge is -2.30. The van der Waals surface area contributed by atoms with Crippen LogP contribution in [0.3, 0.4) is 0 Å². The highest BCUT2D eigenvalue weighted by Crippen LogP contribution is 2.47. The molecule has 166 valence electrons. The summed E-state index contributed by atoms with van der Waals surface area (Å²) in [5.41, 5.74) is 7.14. The van der Waals surface area contributed by atoms with Gasteiger partial charge in [0.15, 0.2) is 0 Å². The lowest BCUT2D eigenvalue weighted by Crippen LogP contribution is -2.16. The predicted octanol–water partition coefficient (Wildman–Crippen LogP) is 7.65. The number of hydrogen-bond acceptors (Lipinski definition) is 2. The first kappa shape index (κ1) is 23.0. The highest BCUT2D eigenvalue weighted by atomic mass is 32.2. The van der Waals surface area contributed by atoms with Crippen molar-refractivity contribution in [2.24, 2.45) is 0 Å². The maximum absolute atomic E-state index is 11.7. The van der Waals surface area contributed by atoms with Crippen LogP contribution in [0.5, 0.6) is 0 Å². The van der Waals surface area contributed by atoms with Gasteiger partial charge in [0.2, 0.25) is 0 Å². The van der Waals surface area contributed by atoms with E-state index in [1.54, 1.807) is 12.1 Å². The molecule has 0 fully saturated rings. The molecule has 0 aliphatic carbocycles. The third-order valence-electron chi connectivity index (χ3n) is 5.95. The van der Waals surface area contributed by atoms with E-state index in [9.17, 15) is 9.90 Å². The van der Waals surface area contributed by atoms with Crippen LogP contribution in [0.25, 0.3) is 16.7 Å². The van der Waals surface area contributed by atoms with Gasteiger partial charge in [-0.1, -0.05) is 75.2 Å². The first-order valence-electron chi connectivity index (χ1n) is 11.0. The number of thioether (sulfide) groups is 1. The first-order valence-corrected chi connectivity index (χ1v) is 11.8. The molecule has 0 spiro atoms. The van der Waals surface area contributed by atoms with Gasteiger partial charge in [-0.05, 0) is 70.9 Å². The third kappa shape index (κ3) is 4.49. The lowest BCUT2D eigenvalue weighted by atomic mass is 9.85. The van der Waals surface area contributed by atoms with E-state index in [4.69, 9.17) is 6.42 Å². The summed E-state index contributed by atoms with van der Waals surface area (Å²) in [4.78, 5) is 12.9. The Morgan fingerprint density at radius 3 is 2.24 bits per heavy atom. The molecule has 0 radical (unpaired) electrons. The van der Waals surface area contributed by atoms with Crippen LogP contribution in [0.15, 0.2) is 71.6 Å². The van der Waals surface area contributed by atoms with E-state index in [2.05, 4.69) is 83.0 Å². The average Bonchev–Trinajstić information content (AvgIpc) is 2.76. The van der Waals surface area contributed by atoms with Gasteiger partial charge in [0.05, 0.1) is 5.56 Å². The highest BCUT2D eigenvalue weighted by Gasteiger charge is 2.27. The molecule has 0 aromatic heterocycles. The smallest absolute Gasteiger partial charge is 0.336 e. The summed E-state index contributed by atoms with van der Waals surface area (Å²) >= 11 is 1.83. The normalized spacial score (nSPS) is 14.7. The molecule has 0 unspecified atom stereocenters. The lowest BCUT2D eigenvalue weighted by molar-refractivity contribution is 0.0696. The van der Waals surface area contributed by atoms with Crippen molar-refractivity contribution in [3.63, 3.8) is 0 Å². The second-order valence-corrected chi connectivity index (χ2v) is 11.7. The Hall–Kier alpha value is -3.22. The van der Waals surface area contributed by atoms with Crippen LogP contribution >= 0.6 is 11.8 Å². The van der Waals surface area contributed by atoms with Gasteiger partial charge in [-0.2, -0.15) is 0 Å². The van der Waals surface area contributed by atoms with Crippen LogP contribution in [0.1, 0.15) is 67.2 Å². The molecule has 0 saturated carbocycles. The summed E-state index contributed by atoms with van der Waals surface area (Å²) in [7, 11) is 0. The summed E-state index contributed by atoms with van der Waals surface area (Å²) in [6.07, 6.45) is 8.06. The van der Waals surface area contributed by atoms with Crippen molar-refractivity contribution in [3.05, 3.63) is 94.6 Å². The largest absolute Gasteiger partial charge is 0.478 e. The number of fused-ring (bicyclic) bond motifs is 1. The fraction of sp³-hybridized carbons (Fsp3) is 0.233. The Labute approximate surface area is 200 Å². The number of terminal acetylenes is 1. The van der Waals surface area contributed by atoms with E-state index < -0.39 is 5.97 Å². The first-order chi connectivity index (χ1) is 15.5. The van der Waals surface area contributed by atoms with Crippen molar-refractivity contribution >= 4 is 23.3 Å². The van der Waals surface area contributed by atoms with Crippen LogP contribution in [0.4, 0.5) is 0 Å². The number of carboxylic acids is 1. The molecule has 1 aliphatic rings. The zero-order chi connectivity index (χ0) is 24.0. The average molecular weight is 453 g/mol. The summed E-state index contributed by atoms with van der Waals surface area (Å²) < 4.78 is -0.0419. The third-order valence-corrected chi connectivity index (χ3v) is 7.17. The zero-order valence-corrected chi connectivity index (χ0v) is 20.5. The predicted molar refractivity (Wildman–Crippen MR) is 139 cm³/mol. The Morgan fingerprint density at radius 1 is 0.970 bits per heavy atom. The van der Waals surface area contributed by atoms with Crippen LogP contribution in [-0.2, 0) is 5.41 Å². The number of carboxylic acid groups (broad SMARTS) is 1. The Balaban J connectivity index is 1.87. The molecule has 4 rings (SSSR count). The van der Waals surface area contributed by atoms with Crippen molar-refractivity contribution in [1.29, 1.82) is 0 Å². The molecular weight excluding hydrogens is 424 g/mol. The standard InChI is InChI=1S/C30H28O2S/c1-7-22-23(9-8-10-24(22)28(31)32)20-13-16-27-25(17-20)26(18-30(5,6)33-27)19-11-14-21(15-12-19)29(2,3)4/h1,8-18H,2-6H3,(H,31,32). The monoisotopic (exact) mass is 452 g/mol. The Kier molecular flexibility index (Phi) is 5.76. The van der Waals surface area contributed by atoms with Crippen LogP contribution in [0, 0.1) is 12.3 Å². The number of carbonyl (C=O) groups is 1. The van der Waals surface area contributed by atoms with Gasteiger partial charge >= 0.3 is 5.97 Å². The fourth-order valence-corrected chi connectivity index (χ4v) is 5.41. The summed E-state index contributed by atoms with van der Waals surface area (Å²) in [6.45, 7) is 11.1. The molecule has 0 saturated heterocycles. The molecule has 0 bridgehead atoms. The van der Waals surface area contributed by atoms with Gasteiger partial charge in [0.1, 0.15) is 0 Å². The molecule has 3 heteroatoms. The molecule has 0 amide bonds. The minimum absolute atomic E-state index is 0.0419. The van der Waals surface area contributed by atoms with Crippen molar-refractivity contribution < 1.29 is 9.90 Å². The number of hydrogen-bond donors (Lipinski definition) is 1. The molecule has 33 heavy (non-hydrogen) atoms. The van der Waals surface area contributed by atoms with E-state index in [1.807, 2.05) is 23.9 Å². The van der Waals surface area contributed by atoms with Crippen molar-refractivity contribution in [3.8, 4) is 23.5 Å². The van der Waals surface area contributed by atoms with Gasteiger partial charge in [-0.3, -0.25) is 0 Å². The van der Waals surface area contributed by atoms with Crippen LogP contribution < -0.4 is 0 Å². The van der Waals surface area contributed by atoms with Gasteiger partial charge in [0.25, 0.3) is 0 Å². The van der Waals surface area contributed by atoms with Crippen LogP contribution in [0.2, 0.25) is 0 Å². The SMILES string of the molecule is C#Cc1c(C(=O)O)cccc1-c1ccc2c(c1)C(c1ccc(C(C)(C)C)cc1)=CC(C)(C)S2. The summed E-state index contributed by atoms with van der Waals surface area (Å²) in [6, 6.07) is 20.3. The quantitative estimate of drug-likeness (QED) is 0.415. The second-order valence-electron chi connectivity index (χ2n) is 9.98. The Morgan fingerprint density at radius 2 is 1.64 bits per heavy atom. The molecule has 1 heterocycles. The van der Waals surface area contributed by atoms with E-state index >= 15 is 0 Å². The maximum atomic E-state index is 11.7. The van der Waals surface area contributed by atoms with Crippen molar-refractivity contribution in [1.82, 2.24) is 0 Å². The minimum Gasteiger partial charge on any atom is -0.478 e. The number of benzene rings is 3. The molecular formula is C30H28O2S. The fourth-order valence-electron chi connectivity index (χ4n) is 4.25. The molecule has 3 aromatic carbocycles. The highest BCUT2D eigenvalue weighted by molar-refractivity contribution is 8.01. The van der Waals surface area contributed by atoms with Gasteiger partial charge in [-0.25, -0.2) is 4.79 Å². The molecule has 2 nitrogen and oxygen atoms in total. The maximum Gasteiger partial charge on any atom is 0.336 e.